The van der Waals surface area contributed by atoms with Crippen LogP contribution in [0.3, 0.4) is 0 Å². The van der Waals surface area contributed by atoms with E-state index in [1.807, 2.05) is 0 Å². The average molecular weight is 478 g/mol. The highest BCUT2D eigenvalue weighted by atomic mass is 16.6. The molecule has 0 unspecified atom stereocenters. The summed E-state index contributed by atoms with van der Waals surface area (Å²) in [5.41, 5.74) is 1.31. The van der Waals surface area contributed by atoms with Gasteiger partial charge in [-0.1, -0.05) is 19.3 Å². The van der Waals surface area contributed by atoms with E-state index in [9.17, 15) is 20.2 Å². The van der Waals surface area contributed by atoms with Crippen molar-refractivity contribution in [2.75, 3.05) is 0 Å². The summed E-state index contributed by atoms with van der Waals surface area (Å²) < 4.78 is 11.3. The molecule has 12 nitrogen and oxygen atoms in total. The van der Waals surface area contributed by atoms with Gasteiger partial charge < -0.3 is 8.83 Å². The third kappa shape index (κ3) is 6.31. The predicted octanol–water partition coefficient (Wildman–Crippen LogP) is 5.34. The lowest BCUT2D eigenvalue weighted by Crippen LogP contribution is -1.89. The summed E-state index contributed by atoms with van der Waals surface area (Å²) in [6, 6.07) is 12.0. The maximum atomic E-state index is 10.7. The van der Waals surface area contributed by atoms with Gasteiger partial charge in [-0.15, -0.1) is 20.4 Å². The highest BCUT2D eigenvalue weighted by molar-refractivity contribution is 5.56. The summed E-state index contributed by atoms with van der Waals surface area (Å²) in [5, 5.41) is 37.6. The number of non-ortho nitro benzene ring substituents is 2. The third-order valence-corrected chi connectivity index (χ3v) is 5.37. The number of unbranched alkanes of at least 4 members (excludes halogenated alkanes) is 4. The normalized spacial score (nSPS) is 11.0. The van der Waals surface area contributed by atoms with Crippen LogP contribution in [0.15, 0.2) is 57.4 Å². The third-order valence-electron chi connectivity index (χ3n) is 5.37. The lowest BCUT2D eigenvalue weighted by molar-refractivity contribution is -0.385. The van der Waals surface area contributed by atoms with Gasteiger partial charge in [0.1, 0.15) is 0 Å². The molecule has 12 heteroatoms. The van der Waals surface area contributed by atoms with Crippen LogP contribution in [-0.2, 0) is 12.8 Å². The maximum absolute atomic E-state index is 10.7. The molecule has 0 aliphatic rings. The summed E-state index contributed by atoms with van der Waals surface area (Å²) in [6.07, 6.45) is 6.21. The number of benzene rings is 2. The topological polar surface area (TPSA) is 164 Å². The van der Waals surface area contributed by atoms with E-state index < -0.39 is 9.85 Å². The zero-order valence-electron chi connectivity index (χ0n) is 18.7. The molecule has 0 bridgehead atoms. The first-order chi connectivity index (χ1) is 17.0. The predicted molar refractivity (Wildman–Crippen MR) is 123 cm³/mol. The molecule has 0 fully saturated rings. The highest BCUT2D eigenvalue weighted by Crippen LogP contribution is 2.23. The van der Waals surface area contributed by atoms with Gasteiger partial charge >= 0.3 is 0 Å². The number of nitro groups is 2. The van der Waals surface area contributed by atoms with Crippen LogP contribution in [0.5, 0.6) is 0 Å². The molecule has 35 heavy (non-hydrogen) atoms. The van der Waals surface area contributed by atoms with E-state index in [1.54, 1.807) is 24.3 Å². The minimum atomic E-state index is -0.454. The largest absolute Gasteiger partial charge is 0.421 e. The van der Waals surface area contributed by atoms with Gasteiger partial charge in [0.15, 0.2) is 0 Å². The van der Waals surface area contributed by atoms with Crippen LogP contribution < -0.4 is 0 Å². The smallest absolute Gasteiger partial charge is 0.269 e. The second-order valence-electron chi connectivity index (χ2n) is 7.88. The Kier molecular flexibility index (Phi) is 7.50. The zero-order chi connectivity index (χ0) is 24.6. The van der Waals surface area contributed by atoms with Crippen LogP contribution in [0.25, 0.3) is 22.9 Å². The van der Waals surface area contributed by atoms with Crippen LogP contribution in [0.1, 0.15) is 43.9 Å². The monoisotopic (exact) mass is 478 g/mol. The van der Waals surface area contributed by atoms with E-state index in [0.29, 0.717) is 47.5 Å². The Balaban J connectivity index is 1.14. The molecular weight excluding hydrogens is 456 g/mol. The van der Waals surface area contributed by atoms with Gasteiger partial charge in [-0.2, -0.15) is 0 Å². The lowest BCUT2D eigenvalue weighted by atomic mass is 10.1. The van der Waals surface area contributed by atoms with Crippen molar-refractivity contribution in [3.05, 3.63) is 80.5 Å². The first-order valence-electron chi connectivity index (χ1n) is 11.1. The van der Waals surface area contributed by atoms with E-state index in [2.05, 4.69) is 20.4 Å². The minimum Gasteiger partial charge on any atom is -0.421 e. The molecule has 0 saturated heterocycles. The second kappa shape index (κ2) is 11.1. The standard InChI is InChI=1S/C23H22N6O6/c30-28(31)18-12-8-16(9-13-18)22-26-24-20(34-22)6-4-2-1-3-5-7-21-25-27-23(35-21)17-10-14-19(15-11-17)29(32)33/h8-15H,1-7H2. The summed E-state index contributed by atoms with van der Waals surface area (Å²) in [7, 11) is 0. The molecule has 2 aromatic heterocycles. The summed E-state index contributed by atoms with van der Waals surface area (Å²) in [6.45, 7) is 0. The summed E-state index contributed by atoms with van der Waals surface area (Å²) in [5.74, 6) is 1.79. The molecule has 2 aromatic carbocycles. The van der Waals surface area contributed by atoms with Crippen LogP contribution in [0.4, 0.5) is 11.4 Å². The number of hydrogen-bond acceptors (Lipinski definition) is 10. The Morgan fingerprint density at radius 1 is 0.571 bits per heavy atom. The quantitative estimate of drug-likeness (QED) is 0.147. The molecule has 0 N–H and O–H groups in total. The SMILES string of the molecule is O=[N+]([O-])c1ccc(-c2nnc(CCCCCCCc3nnc(-c4ccc([N+](=O)[O-])cc4)o3)o2)cc1. The lowest BCUT2D eigenvalue weighted by Gasteiger charge is -1.99. The number of nitro benzene ring substituents is 2. The van der Waals surface area contributed by atoms with Gasteiger partial charge in [-0.05, 0) is 37.1 Å². The maximum Gasteiger partial charge on any atom is 0.269 e. The van der Waals surface area contributed by atoms with Gasteiger partial charge in [-0.25, -0.2) is 0 Å². The van der Waals surface area contributed by atoms with Crippen molar-refractivity contribution in [1.82, 2.24) is 20.4 Å². The van der Waals surface area contributed by atoms with Gasteiger partial charge in [0.05, 0.1) is 9.85 Å². The van der Waals surface area contributed by atoms with Crippen LogP contribution >= 0.6 is 0 Å². The van der Waals surface area contributed by atoms with E-state index in [0.717, 1.165) is 32.1 Å². The van der Waals surface area contributed by atoms with Gasteiger partial charge in [0, 0.05) is 48.2 Å². The number of aryl methyl sites for hydroxylation is 2. The van der Waals surface area contributed by atoms with Crippen LogP contribution in [0.2, 0.25) is 0 Å². The Bertz CT molecular complexity index is 1180. The Morgan fingerprint density at radius 3 is 1.31 bits per heavy atom. The number of nitrogens with zero attached hydrogens (tertiary/aromatic N) is 6. The summed E-state index contributed by atoms with van der Waals surface area (Å²) >= 11 is 0. The van der Waals surface area contributed by atoms with Crippen LogP contribution in [0, 0.1) is 20.2 Å². The van der Waals surface area contributed by atoms with Crippen molar-refractivity contribution < 1.29 is 18.7 Å². The van der Waals surface area contributed by atoms with Gasteiger partial charge in [0.2, 0.25) is 23.6 Å². The molecule has 0 saturated carbocycles. The number of aromatic nitrogens is 4. The van der Waals surface area contributed by atoms with Crippen molar-refractivity contribution >= 4 is 11.4 Å². The molecule has 180 valence electrons. The molecule has 0 atom stereocenters. The first-order valence-corrected chi connectivity index (χ1v) is 11.1. The summed E-state index contributed by atoms with van der Waals surface area (Å²) in [4.78, 5) is 20.6. The van der Waals surface area contributed by atoms with Crippen molar-refractivity contribution in [2.24, 2.45) is 0 Å². The fourth-order valence-electron chi connectivity index (χ4n) is 3.48. The zero-order valence-corrected chi connectivity index (χ0v) is 18.7. The highest BCUT2D eigenvalue weighted by Gasteiger charge is 2.12. The Morgan fingerprint density at radius 2 is 0.943 bits per heavy atom. The molecule has 2 heterocycles. The van der Waals surface area contributed by atoms with Crippen molar-refractivity contribution in [3.8, 4) is 22.9 Å². The molecule has 0 radical (unpaired) electrons. The fourth-order valence-corrected chi connectivity index (χ4v) is 3.48. The van der Waals surface area contributed by atoms with Gasteiger partial charge in [-0.3, -0.25) is 20.2 Å². The molecular formula is C23H22N6O6. The van der Waals surface area contributed by atoms with E-state index in [-0.39, 0.29) is 11.4 Å². The van der Waals surface area contributed by atoms with E-state index in [1.165, 1.54) is 24.3 Å². The molecule has 0 aliphatic heterocycles. The molecule has 4 rings (SSSR count). The van der Waals surface area contributed by atoms with E-state index >= 15 is 0 Å². The fraction of sp³-hybridized carbons (Fsp3) is 0.304. The van der Waals surface area contributed by atoms with Crippen molar-refractivity contribution in [1.29, 1.82) is 0 Å². The second-order valence-corrected chi connectivity index (χ2v) is 7.88. The minimum absolute atomic E-state index is 0.0116. The first kappa shape index (κ1) is 23.7. The van der Waals surface area contributed by atoms with Crippen LogP contribution in [-0.4, -0.2) is 30.2 Å². The van der Waals surface area contributed by atoms with E-state index in [4.69, 9.17) is 8.83 Å². The van der Waals surface area contributed by atoms with Crippen molar-refractivity contribution in [2.45, 2.75) is 44.9 Å². The Labute approximate surface area is 199 Å². The van der Waals surface area contributed by atoms with Crippen molar-refractivity contribution in [3.63, 3.8) is 0 Å². The average Bonchev–Trinajstić information content (AvgIpc) is 3.54. The number of hydrogen-bond donors (Lipinski definition) is 0. The molecule has 0 amide bonds. The van der Waals surface area contributed by atoms with Gasteiger partial charge in [0.25, 0.3) is 11.4 Å². The molecule has 0 aliphatic carbocycles. The molecule has 0 spiro atoms. The number of rotatable bonds is 12. The Hall–Kier alpha value is -4.48. The molecule has 4 aromatic rings.